The number of rotatable bonds is 8. The zero-order valence-corrected chi connectivity index (χ0v) is 26.6. The monoisotopic (exact) mass is 630 g/mol. The van der Waals surface area contributed by atoms with Gasteiger partial charge in [0.2, 0.25) is 0 Å². The summed E-state index contributed by atoms with van der Waals surface area (Å²) in [4.78, 5) is 4.86. The van der Waals surface area contributed by atoms with Crippen LogP contribution in [0.1, 0.15) is 5.56 Å². The van der Waals surface area contributed by atoms with Gasteiger partial charge in [-0.2, -0.15) is 0 Å². The lowest BCUT2D eigenvalue weighted by Crippen LogP contribution is -2.10. The van der Waals surface area contributed by atoms with Crippen molar-refractivity contribution < 1.29 is 4.74 Å². The molecule has 0 saturated carbocycles. The maximum Gasteiger partial charge on any atom is 0.142 e. The van der Waals surface area contributed by atoms with Crippen molar-refractivity contribution in [3.8, 4) is 26.6 Å². The summed E-state index contributed by atoms with van der Waals surface area (Å²) >= 11 is 3.66. The maximum absolute atomic E-state index is 6.08. The topological polar surface area (TPSA) is 38.5 Å². The largest absolute Gasteiger partial charge is 0.487 e. The molecule has 0 aliphatic carbocycles. The molecular weight excluding hydrogens is 601 g/mol. The molecule has 46 heavy (non-hydrogen) atoms. The van der Waals surface area contributed by atoms with E-state index in [0.717, 1.165) is 22.6 Å². The number of hydrogen-bond acceptors (Lipinski definition) is 5. The van der Waals surface area contributed by atoms with Crippen molar-refractivity contribution in [2.24, 2.45) is 0 Å². The molecule has 0 unspecified atom stereocenters. The van der Waals surface area contributed by atoms with E-state index in [1.165, 1.54) is 41.1 Å². The Morgan fingerprint density at radius 2 is 0.957 bits per heavy atom. The van der Waals surface area contributed by atoms with Gasteiger partial charge < -0.3 is 15.4 Å². The van der Waals surface area contributed by atoms with Gasteiger partial charge in [0.15, 0.2) is 0 Å². The molecule has 0 saturated heterocycles. The fourth-order valence-corrected chi connectivity index (χ4v) is 7.90. The average molecular weight is 631 g/mol. The summed E-state index contributed by atoms with van der Waals surface area (Å²) in [6.45, 7) is 0.447. The Hall–Kier alpha value is -5.36. The first kappa shape index (κ1) is 28.1. The summed E-state index contributed by atoms with van der Waals surface area (Å²) in [5.41, 5.74) is 13.5. The smallest absolute Gasteiger partial charge is 0.142 e. The molecule has 0 atom stereocenters. The average Bonchev–Trinajstić information content (AvgIpc) is 3.74. The van der Waals surface area contributed by atoms with Crippen LogP contribution in [0.2, 0.25) is 0 Å². The van der Waals surface area contributed by atoms with Gasteiger partial charge in [0.05, 0.1) is 5.69 Å². The number of nitrogens with two attached hydrogens (primary N) is 1. The van der Waals surface area contributed by atoms with Crippen molar-refractivity contribution in [2.45, 2.75) is 6.61 Å². The molecule has 2 N–H and O–H groups in total. The number of nitrogens with zero attached hydrogens (tertiary/aromatic N) is 1. The van der Waals surface area contributed by atoms with Gasteiger partial charge in [-0.15, -0.1) is 22.7 Å². The molecule has 8 rings (SSSR count). The molecule has 222 valence electrons. The summed E-state index contributed by atoms with van der Waals surface area (Å²) in [5, 5.41) is 2.57. The first-order valence-electron chi connectivity index (χ1n) is 15.2. The highest BCUT2D eigenvalue weighted by Crippen LogP contribution is 2.40. The normalized spacial score (nSPS) is 11.2. The summed E-state index contributed by atoms with van der Waals surface area (Å²) < 4.78 is 8.62. The van der Waals surface area contributed by atoms with Crippen LogP contribution >= 0.6 is 22.7 Å². The zero-order valence-electron chi connectivity index (χ0n) is 25.0. The van der Waals surface area contributed by atoms with Crippen LogP contribution in [-0.2, 0) is 6.61 Å². The van der Waals surface area contributed by atoms with Gasteiger partial charge in [-0.3, -0.25) is 0 Å². The van der Waals surface area contributed by atoms with Gasteiger partial charge in [0, 0.05) is 36.2 Å². The molecule has 0 bridgehead atoms. The van der Waals surface area contributed by atoms with Crippen LogP contribution in [0.15, 0.2) is 158 Å². The molecule has 3 nitrogen and oxygen atoms in total. The minimum atomic E-state index is 0.447. The number of hydrogen-bond donors (Lipinski definition) is 1. The number of nitrogen functional groups attached to an aromatic ring is 1. The Labute approximate surface area is 276 Å². The quantitative estimate of drug-likeness (QED) is 0.170. The van der Waals surface area contributed by atoms with E-state index in [1.807, 2.05) is 46.9 Å². The molecule has 0 amide bonds. The summed E-state index contributed by atoms with van der Waals surface area (Å²) in [6, 6.07) is 55.6. The van der Waals surface area contributed by atoms with Gasteiger partial charge in [-0.1, -0.05) is 84.9 Å². The Morgan fingerprint density at radius 1 is 0.500 bits per heavy atom. The lowest BCUT2D eigenvalue weighted by Gasteiger charge is -2.26. The standard InChI is InChI=1S/C41H30N2OS2/c42-36-9-3-4-10-37(36)44-27-28-13-19-33(20-14-28)43(34-21-15-29(16-22-34)40-25-31-7-1-5-11-38(31)45-40)35-23-17-30(18-24-35)41-26-32-8-2-6-12-39(32)46-41/h1-26H,27,42H2. The molecule has 0 fully saturated rings. The van der Waals surface area contributed by atoms with E-state index < -0.39 is 0 Å². The van der Waals surface area contributed by atoms with Crippen LogP contribution in [0.25, 0.3) is 41.1 Å². The number of benzene rings is 6. The summed E-state index contributed by atoms with van der Waals surface area (Å²) in [5.74, 6) is 0.700. The van der Waals surface area contributed by atoms with Crippen LogP contribution in [0.3, 0.4) is 0 Å². The SMILES string of the molecule is Nc1ccccc1OCc1ccc(N(c2ccc(-c3cc4ccccc4s3)cc2)c2ccc(-c3cc4ccccc4s3)cc2)cc1. The molecule has 0 spiro atoms. The number of fused-ring (bicyclic) bond motifs is 2. The lowest BCUT2D eigenvalue weighted by atomic mass is 10.1. The second kappa shape index (κ2) is 12.2. The molecular formula is C41H30N2OS2. The third-order valence-electron chi connectivity index (χ3n) is 8.18. The lowest BCUT2D eigenvalue weighted by molar-refractivity contribution is 0.308. The van der Waals surface area contributed by atoms with E-state index >= 15 is 0 Å². The predicted molar refractivity (Wildman–Crippen MR) is 198 cm³/mol. The molecule has 6 aromatic carbocycles. The van der Waals surface area contributed by atoms with Crippen LogP contribution in [0.4, 0.5) is 22.7 Å². The molecule has 2 heterocycles. The fraction of sp³-hybridized carbons (Fsp3) is 0.0244. The minimum absolute atomic E-state index is 0.447. The Kier molecular flexibility index (Phi) is 7.46. The Morgan fingerprint density at radius 3 is 1.46 bits per heavy atom. The van der Waals surface area contributed by atoms with E-state index in [4.69, 9.17) is 10.5 Å². The molecule has 5 heteroatoms. The number of anilines is 4. The van der Waals surface area contributed by atoms with Crippen molar-refractivity contribution >= 4 is 65.6 Å². The van der Waals surface area contributed by atoms with Gasteiger partial charge in [0.1, 0.15) is 12.4 Å². The van der Waals surface area contributed by atoms with Crippen molar-refractivity contribution in [3.05, 3.63) is 163 Å². The Balaban J connectivity index is 1.12. The van der Waals surface area contributed by atoms with E-state index in [2.05, 4.69) is 138 Å². The number of para-hydroxylation sites is 2. The van der Waals surface area contributed by atoms with E-state index in [-0.39, 0.29) is 0 Å². The predicted octanol–water partition coefficient (Wildman–Crippen LogP) is 12.1. The van der Waals surface area contributed by atoms with E-state index in [0.29, 0.717) is 18.0 Å². The Bertz CT molecular complexity index is 2080. The first-order valence-corrected chi connectivity index (χ1v) is 16.9. The van der Waals surface area contributed by atoms with Gasteiger partial charge >= 0.3 is 0 Å². The highest BCUT2D eigenvalue weighted by atomic mass is 32.1. The van der Waals surface area contributed by atoms with Crippen molar-refractivity contribution in [3.63, 3.8) is 0 Å². The third-order valence-corrected chi connectivity index (χ3v) is 10.5. The summed E-state index contributed by atoms with van der Waals surface area (Å²) in [6.07, 6.45) is 0. The molecule has 2 aromatic heterocycles. The van der Waals surface area contributed by atoms with Crippen molar-refractivity contribution in [1.29, 1.82) is 0 Å². The van der Waals surface area contributed by atoms with Crippen LogP contribution in [-0.4, -0.2) is 0 Å². The minimum Gasteiger partial charge on any atom is -0.487 e. The van der Waals surface area contributed by atoms with E-state index in [1.54, 1.807) is 0 Å². The third kappa shape index (κ3) is 5.63. The van der Waals surface area contributed by atoms with Crippen molar-refractivity contribution in [2.75, 3.05) is 10.6 Å². The van der Waals surface area contributed by atoms with Crippen LogP contribution in [0.5, 0.6) is 5.75 Å². The van der Waals surface area contributed by atoms with E-state index in [9.17, 15) is 0 Å². The highest BCUT2D eigenvalue weighted by Gasteiger charge is 2.15. The van der Waals surface area contributed by atoms with Gasteiger partial charge in [0.25, 0.3) is 0 Å². The molecule has 0 radical (unpaired) electrons. The maximum atomic E-state index is 6.08. The highest BCUT2D eigenvalue weighted by molar-refractivity contribution is 7.22. The van der Waals surface area contributed by atoms with Crippen LogP contribution < -0.4 is 15.4 Å². The number of thiophene rings is 2. The molecule has 0 aliphatic heterocycles. The second-order valence-electron chi connectivity index (χ2n) is 11.2. The first-order chi connectivity index (χ1) is 22.7. The van der Waals surface area contributed by atoms with Crippen LogP contribution in [0, 0.1) is 0 Å². The van der Waals surface area contributed by atoms with Gasteiger partial charge in [-0.05, 0) is 100 Å². The van der Waals surface area contributed by atoms with Crippen molar-refractivity contribution in [1.82, 2.24) is 0 Å². The summed E-state index contributed by atoms with van der Waals surface area (Å²) in [7, 11) is 0. The second-order valence-corrected chi connectivity index (χ2v) is 13.4. The zero-order chi connectivity index (χ0) is 30.9. The molecule has 0 aliphatic rings. The van der Waals surface area contributed by atoms with Gasteiger partial charge in [-0.25, -0.2) is 0 Å². The molecule has 8 aromatic rings. The number of ether oxygens (including phenoxy) is 1. The fourth-order valence-electron chi connectivity index (χ4n) is 5.76.